The largest absolute Gasteiger partial charge is 0.310 e. The van der Waals surface area contributed by atoms with Crippen molar-refractivity contribution in [2.24, 2.45) is 5.92 Å². The summed E-state index contributed by atoms with van der Waals surface area (Å²) in [5, 5.41) is 3.56. The predicted molar refractivity (Wildman–Crippen MR) is 84.4 cm³/mol. The van der Waals surface area contributed by atoms with Gasteiger partial charge in [-0.2, -0.15) is 0 Å². The molecule has 1 atom stereocenters. The van der Waals surface area contributed by atoms with Crippen molar-refractivity contribution in [1.82, 2.24) is 10.2 Å². The minimum absolute atomic E-state index is 0.167. The number of hydrogen-bond donors (Lipinski definition) is 1. The van der Waals surface area contributed by atoms with Gasteiger partial charge in [-0.15, -0.1) is 0 Å². The Bertz CT molecular complexity index is 362. The Balaban J connectivity index is 2.57. The van der Waals surface area contributed by atoms with Gasteiger partial charge in [-0.05, 0) is 56.6 Å². The molecule has 114 valence electrons. The molecule has 0 aromatic heterocycles. The van der Waals surface area contributed by atoms with Gasteiger partial charge in [0, 0.05) is 12.6 Å². The second-order valence-electron chi connectivity index (χ2n) is 6.00. The van der Waals surface area contributed by atoms with Crippen molar-refractivity contribution in [2.45, 2.75) is 39.7 Å². The normalized spacial score (nSPS) is 13.2. The topological polar surface area (TPSA) is 15.3 Å². The van der Waals surface area contributed by atoms with Gasteiger partial charge in [0.25, 0.3) is 0 Å². The van der Waals surface area contributed by atoms with Crippen molar-refractivity contribution >= 4 is 0 Å². The maximum atomic E-state index is 13.0. The smallest absolute Gasteiger partial charge is 0.123 e. The molecule has 0 aliphatic heterocycles. The molecule has 0 amide bonds. The van der Waals surface area contributed by atoms with Crippen LogP contribution in [0.15, 0.2) is 24.3 Å². The molecule has 2 nitrogen and oxygen atoms in total. The van der Waals surface area contributed by atoms with Crippen molar-refractivity contribution in [3.8, 4) is 0 Å². The SMILES string of the molecule is CCCNC(CCN(C)CC(C)C)c1ccc(F)cc1. The minimum Gasteiger partial charge on any atom is -0.310 e. The number of benzene rings is 1. The Labute approximate surface area is 123 Å². The zero-order valence-electron chi connectivity index (χ0n) is 13.3. The molecule has 0 bridgehead atoms. The van der Waals surface area contributed by atoms with Crippen molar-refractivity contribution in [3.63, 3.8) is 0 Å². The third-order valence-corrected chi connectivity index (χ3v) is 3.39. The van der Waals surface area contributed by atoms with Crippen molar-refractivity contribution < 1.29 is 4.39 Å². The molecule has 1 aromatic rings. The molecule has 0 aliphatic carbocycles. The fourth-order valence-corrected chi connectivity index (χ4v) is 2.46. The first-order valence-electron chi connectivity index (χ1n) is 7.70. The third-order valence-electron chi connectivity index (χ3n) is 3.39. The molecule has 0 aliphatic rings. The van der Waals surface area contributed by atoms with E-state index >= 15 is 0 Å². The quantitative estimate of drug-likeness (QED) is 0.739. The Kier molecular flexibility index (Phi) is 7.78. The highest BCUT2D eigenvalue weighted by atomic mass is 19.1. The average Bonchev–Trinajstić information content (AvgIpc) is 2.39. The molecule has 0 radical (unpaired) electrons. The summed E-state index contributed by atoms with van der Waals surface area (Å²) in [6, 6.07) is 7.20. The van der Waals surface area contributed by atoms with Gasteiger partial charge in [0.05, 0.1) is 0 Å². The van der Waals surface area contributed by atoms with Gasteiger partial charge in [0.1, 0.15) is 5.82 Å². The van der Waals surface area contributed by atoms with Crippen LogP contribution in [0.3, 0.4) is 0 Å². The summed E-state index contributed by atoms with van der Waals surface area (Å²) in [6.07, 6.45) is 2.16. The molecular formula is C17H29FN2. The molecule has 3 heteroatoms. The van der Waals surface area contributed by atoms with Gasteiger partial charge in [-0.1, -0.05) is 32.9 Å². The summed E-state index contributed by atoms with van der Waals surface area (Å²) >= 11 is 0. The Morgan fingerprint density at radius 1 is 1.20 bits per heavy atom. The predicted octanol–water partition coefficient (Wildman–Crippen LogP) is 3.84. The second kappa shape index (κ2) is 9.09. The lowest BCUT2D eigenvalue weighted by Crippen LogP contribution is -2.29. The average molecular weight is 280 g/mol. The van der Waals surface area contributed by atoms with Crippen molar-refractivity contribution in [1.29, 1.82) is 0 Å². The first kappa shape index (κ1) is 17.1. The molecular weight excluding hydrogens is 251 g/mol. The minimum atomic E-state index is -0.167. The first-order valence-corrected chi connectivity index (χ1v) is 7.70. The molecule has 1 rings (SSSR count). The van der Waals surface area contributed by atoms with Crippen LogP contribution in [-0.4, -0.2) is 31.6 Å². The van der Waals surface area contributed by atoms with Crippen LogP contribution in [0.5, 0.6) is 0 Å². The van der Waals surface area contributed by atoms with Crippen LogP contribution in [0, 0.1) is 11.7 Å². The van der Waals surface area contributed by atoms with Gasteiger partial charge >= 0.3 is 0 Å². The highest BCUT2D eigenvalue weighted by molar-refractivity contribution is 5.19. The fraction of sp³-hybridized carbons (Fsp3) is 0.647. The van der Waals surface area contributed by atoms with Crippen LogP contribution < -0.4 is 5.32 Å². The molecule has 0 fully saturated rings. The number of nitrogens with one attached hydrogen (secondary N) is 1. The van der Waals surface area contributed by atoms with E-state index in [0.717, 1.165) is 32.5 Å². The van der Waals surface area contributed by atoms with E-state index in [2.05, 4.69) is 38.0 Å². The van der Waals surface area contributed by atoms with E-state index in [1.807, 2.05) is 12.1 Å². The monoisotopic (exact) mass is 280 g/mol. The van der Waals surface area contributed by atoms with Crippen LogP contribution >= 0.6 is 0 Å². The third kappa shape index (κ3) is 6.49. The van der Waals surface area contributed by atoms with Crippen molar-refractivity contribution in [2.75, 3.05) is 26.7 Å². The summed E-state index contributed by atoms with van der Waals surface area (Å²) in [6.45, 7) is 9.81. The lowest BCUT2D eigenvalue weighted by atomic mass is 10.0. The Hall–Kier alpha value is -0.930. The van der Waals surface area contributed by atoms with Gasteiger partial charge < -0.3 is 10.2 Å². The van der Waals surface area contributed by atoms with E-state index in [9.17, 15) is 4.39 Å². The van der Waals surface area contributed by atoms with Gasteiger partial charge in [0.15, 0.2) is 0 Å². The van der Waals surface area contributed by atoms with Gasteiger partial charge in [0.2, 0.25) is 0 Å². The maximum Gasteiger partial charge on any atom is 0.123 e. The standard InChI is InChI=1S/C17H29FN2/c1-5-11-19-17(10-12-20(4)13-14(2)3)15-6-8-16(18)9-7-15/h6-9,14,17,19H,5,10-13H2,1-4H3. The molecule has 0 saturated carbocycles. The lowest BCUT2D eigenvalue weighted by molar-refractivity contribution is 0.276. The lowest BCUT2D eigenvalue weighted by Gasteiger charge is -2.24. The Morgan fingerprint density at radius 2 is 1.85 bits per heavy atom. The van der Waals surface area contributed by atoms with Gasteiger partial charge in [-0.25, -0.2) is 4.39 Å². The van der Waals surface area contributed by atoms with Crippen LogP contribution in [0.25, 0.3) is 0 Å². The summed E-state index contributed by atoms with van der Waals surface area (Å²) in [5.41, 5.74) is 1.18. The van der Waals surface area contributed by atoms with Crippen LogP contribution in [-0.2, 0) is 0 Å². The number of rotatable bonds is 9. The highest BCUT2D eigenvalue weighted by Crippen LogP contribution is 2.18. The number of halogens is 1. The second-order valence-corrected chi connectivity index (χ2v) is 6.00. The molecule has 1 aromatic carbocycles. The zero-order chi connectivity index (χ0) is 15.0. The van der Waals surface area contributed by atoms with E-state index in [1.54, 1.807) is 12.1 Å². The first-order chi connectivity index (χ1) is 9.52. The van der Waals surface area contributed by atoms with Gasteiger partial charge in [-0.3, -0.25) is 0 Å². The highest BCUT2D eigenvalue weighted by Gasteiger charge is 2.12. The molecule has 1 unspecified atom stereocenters. The molecule has 20 heavy (non-hydrogen) atoms. The number of nitrogens with zero attached hydrogens (tertiary/aromatic N) is 1. The summed E-state index contributed by atoms with van der Waals surface area (Å²) in [4.78, 5) is 2.37. The van der Waals surface area contributed by atoms with Crippen LogP contribution in [0.4, 0.5) is 4.39 Å². The summed E-state index contributed by atoms with van der Waals surface area (Å²) in [5.74, 6) is 0.521. The fourth-order valence-electron chi connectivity index (χ4n) is 2.46. The van der Waals surface area contributed by atoms with E-state index in [4.69, 9.17) is 0 Å². The van der Waals surface area contributed by atoms with Crippen LogP contribution in [0.2, 0.25) is 0 Å². The summed E-state index contributed by atoms with van der Waals surface area (Å²) < 4.78 is 13.0. The Morgan fingerprint density at radius 3 is 2.40 bits per heavy atom. The molecule has 0 heterocycles. The van der Waals surface area contributed by atoms with Crippen molar-refractivity contribution in [3.05, 3.63) is 35.6 Å². The summed E-state index contributed by atoms with van der Waals surface area (Å²) in [7, 11) is 2.17. The zero-order valence-corrected chi connectivity index (χ0v) is 13.3. The van der Waals surface area contributed by atoms with E-state index in [1.165, 1.54) is 5.56 Å². The number of hydrogen-bond acceptors (Lipinski definition) is 2. The van der Waals surface area contributed by atoms with E-state index in [0.29, 0.717) is 12.0 Å². The van der Waals surface area contributed by atoms with Crippen LogP contribution in [0.1, 0.15) is 45.2 Å². The van der Waals surface area contributed by atoms with E-state index < -0.39 is 0 Å². The van der Waals surface area contributed by atoms with E-state index in [-0.39, 0.29) is 5.82 Å². The molecule has 1 N–H and O–H groups in total. The molecule has 0 spiro atoms. The maximum absolute atomic E-state index is 13.0. The molecule has 0 saturated heterocycles.